The van der Waals surface area contributed by atoms with E-state index in [0.29, 0.717) is 11.0 Å². The molecule has 1 N–H and O–H groups in total. The number of hydrogen-bond donors (Lipinski definition) is 1. The van der Waals surface area contributed by atoms with Crippen LogP contribution in [0.3, 0.4) is 0 Å². The molecule has 150 valence electrons. The molecule has 1 heterocycles. The molecule has 3 aromatic carbocycles. The van der Waals surface area contributed by atoms with Crippen molar-refractivity contribution in [1.29, 1.82) is 0 Å². The van der Waals surface area contributed by atoms with Crippen molar-refractivity contribution in [2.45, 2.75) is 11.8 Å². The van der Waals surface area contributed by atoms with Gasteiger partial charge in [-0.1, -0.05) is 66.4 Å². The van der Waals surface area contributed by atoms with Crippen molar-refractivity contribution in [2.24, 2.45) is 0 Å². The Balaban J connectivity index is 1.49. The molecule has 7 heteroatoms. The van der Waals surface area contributed by atoms with Crippen molar-refractivity contribution >= 4 is 23.4 Å². The Morgan fingerprint density at radius 3 is 2.20 bits per heavy atom. The number of benzene rings is 3. The van der Waals surface area contributed by atoms with Crippen LogP contribution in [0.15, 0.2) is 96.2 Å². The highest BCUT2D eigenvalue weighted by Gasteiger charge is 2.16. The number of anilines is 1. The van der Waals surface area contributed by atoms with Crippen molar-refractivity contribution in [3.05, 3.63) is 96.8 Å². The Kier molecular flexibility index (Phi) is 6.41. The third kappa shape index (κ3) is 5.07. The summed E-state index contributed by atoms with van der Waals surface area (Å²) in [5.74, 6) is 1.54. The standard InChI is InChI=1S/C23H20N4O2S/c28-22(24-18-10-4-1-5-11-18)17-30-23-26-25-21(16-29-20-14-8-3-9-15-20)27(23)19-12-6-2-7-13-19/h1-15H,16-17H2,(H,24,28). The summed E-state index contributed by atoms with van der Waals surface area (Å²) in [6.07, 6.45) is 0. The number of nitrogens with zero attached hydrogens (tertiary/aromatic N) is 3. The lowest BCUT2D eigenvalue weighted by Gasteiger charge is -2.11. The second kappa shape index (κ2) is 9.76. The normalized spacial score (nSPS) is 10.5. The van der Waals surface area contributed by atoms with E-state index < -0.39 is 0 Å². The van der Waals surface area contributed by atoms with E-state index >= 15 is 0 Å². The Morgan fingerprint density at radius 2 is 1.50 bits per heavy atom. The SMILES string of the molecule is O=C(CSc1nnc(COc2ccccc2)n1-c1ccccc1)Nc1ccccc1. The summed E-state index contributed by atoms with van der Waals surface area (Å²) >= 11 is 1.33. The van der Waals surface area contributed by atoms with E-state index in [9.17, 15) is 4.79 Å². The van der Waals surface area contributed by atoms with Crippen LogP contribution in [0.5, 0.6) is 5.75 Å². The van der Waals surface area contributed by atoms with Crippen LogP contribution in [-0.4, -0.2) is 26.4 Å². The van der Waals surface area contributed by atoms with Crippen LogP contribution in [0.25, 0.3) is 5.69 Å². The van der Waals surface area contributed by atoms with Gasteiger partial charge < -0.3 is 10.1 Å². The number of amides is 1. The quantitative estimate of drug-likeness (QED) is 0.426. The fourth-order valence-electron chi connectivity index (χ4n) is 2.84. The Bertz CT molecular complexity index is 1090. The van der Waals surface area contributed by atoms with Crippen molar-refractivity contribution < 1.29 is 9.53 Å². The fourth-order valence-corrected chi connectivity index (χ4v) is 3.61. The summed E-state index contributed by atoms with van der Waals surface area (Å²) in [4.78, 5) is 12.3. The predicted molar refractivity (Wildman–Crippen MR) is 118 cm³/mol. The number of thioether (sulfide) groups is 1. The molecule has 0 unspecified atom stereocenters. The average molecular weight is 417 g/mol. The van der Waals surface area contributed by atoms with E-state index in [0.717, 1.165) is 17.1 Å². The van der Waals surface area contributed by atoms with Gasteiger partial charge in [-0.2, -0.15) is 0 Å². The summed E-state index contributed by atoms with van der Waals surface area (Å²) in [6.45, 7) is 0.267. The van der Waals surface area contributed by atoms with Crippen LogP contribution in [0.1, 0.15) is 5.82 Å². The van der Waals surface area contributed by atoms with E-state index in [1.54, 1.807) is 0 Å². The smallest absolute Gasteiger partial charge is 0.234 e. The molecule has 0 saturated heterocycles. The topological polar surface area (TPSA) is 69.0 Å². The van der Waals surface area contributed by atoms with E-state index in [1.165, 1.54) is 11.8 Å². The first-order chi connectivity index (χ1) is 14.8. The third-order valence-electron chi connectivity index (χ3n) is 4.22. The molecule has 1 amide bonds. The molecule has 0 spiro atoms. The number of rotatable bonds is 8. The lowest BCUT2D eigenvalue weighted by Crippen LogP contribution is -2.14. The van der Waals surface area contributed by atoms with Crippen molar-refractivity contribution in [2.75, 3.05) is 11.1 Å². The summed E-state index contributed by atoms with van der Waals surface area (Å²) in [6, 6.07) is 28.8. The lowest BCUT2D eigenvalue weighted by molar-refractivity contribution is -0.113. The molecule has 0 aliphatic carbocycles. The van der Waals surface area contributed by atoms with Gasteiger partial charge in [0.1, 0.15) is 12.4 Å². The van der Waals surface area contributed by atoms with Gasteiger partial charge in [0.15, 0.2) is 11.0 Å². The maximum Gasteiger partial charge on any atom is 0.234 e. The van der Waals surface area contributed by atoms with Gasteiger partial charge in [0.25, 0.3) is 0 Å². The van der Waals surface area contributed by atoms with Crippen LogP contribution in [0.4, 0.5) is 5.69 Å². The Morgan fingerprint density at radius 1 is 0.867 bits per heavy atom. The van der Waals surface area contributed by atoms with Crippen LogP contribution in [0, 0.1) is 0 Å². The van der Waals surface area contributed by atoms with Crippen LogP contribution in [0.2, 0.25) is 0 Å². The van der Waals surface area contributed by atoms with Gasteiger partial charge in [-0.25, -0.2) is 0 Å². The Labute approximate surface area is 178 Å². The zero-order valence-electron chi connectivity index (χ0n) is 16.1. The predicted octanol–water partition coefficient (Wildman–Crippen LogP) is 4.58. The Hall–Kier alpha value is -3.58. The number of carbonyl (C=O) groups excluding carboxylic acids is 1. The van der Waals surface area contributed by atoms with Gasteiger partial charge in [-0.05, 0) is 36.4 Å². The van der Waals surface area contributed by atoms with Gasteiger partial charge >= 0.3 is 0 Å². The minimum atomic E-state index is -0.101. The largest absolute Gasteiger partial charge is 0.486 e. The van der Waals surface area contributed by atoms with Crippen LogP contribution >= 0.6 is 11.8 Å². The summed E-state index contributed by atoms with van der Waals surface area (Å²) in [5, 5.41) is 12.1. The molecule has 0 radical (unpaired) electrons. The molecule has 0 saturated carbocycles. The summed E-state index contributed by atoms with van der Waals surface area (Å²) in [7, 11) is 0. The molecule has 0 atom stereocenters. The number of nitrogens with one attached hydrogen (secondary N) is 1. The molecular weight excluding hydrogens is 396 g/mol. The first-order valence-electron chi connectivity index (χ1n) is 9.45. The number of hydrogen-bond acceptors (Lipinski definition) is 5. The molecule has 4 rings (SSSR count). The average Bonchev–Trinajstić information content (AvgIpc) is 3.21. The number of para-hydroxylation sites is 3. The van der Waals surface area contributed by atoms with Crippen molar-refractivity contribution in [3.8, 4) is 11.4 Å². The van der Waals surface area contributed by atoms with E-state index in [4.69, 9.17) is 4.74 Å². The molecular formula is C23H20N4O2S. The summed E-state index contributed by atoms with van der Waals surface area (Å²) in [5.41, 5.74) is 1.68. The lowest BCUT2D eigenvalue weighted by atomic mass is 10.3. The van der Waals surface area contributed by atoms with Gasteiger partial charge in [0.05, 0.1) is 5.75 Å². The highest BCUT2D eigenvalue weighted by molar-refractivity contribution is 7.99. The first kappa shape index (κ1) is 19.7. The third-order valence-corrected chi connectivity index (χ3v) is 5.14. The number of carbonyl (C=O) groups is 1. The minimum Gasteiger partial charge on any atom is -0.486 e. The molecule has 0 bridgehead atoms. The van der Waals surface area contributed by atoms with Crippen molar-refractivity contribution in [3.63, 3.8) is 0 Å². The number of ether oxygens (including phenoxy) is 1. The molecule has 0 fully saturated rings. The summed E-state index contributed by atoms with van der Waals surface area (Å²) < 4.78 is 7.78. The monoisotopic (exact) mass is 416 g/mol. The van der Waals surface area contributed by atoms with Crippen molar-refractivity contribution in [1.82, 2.24) is 14.8 Å². The highest BCUT2D eigenvalue weighted by atomic mass is 32.2. The fraction of sp³-hybridized carbons (Fsp3) is 0.0870. The zero-order chi connectivity index (χ0) is 20.6. The van der Waals surface area contributed by atoms with E-state index in [1.807, 2.05) is 95.6 Å². The van der Waals surface area contributed by atoms with Crippen LogP contribution in [-0.2, 0) is 11.4 Å². The second-order valence-electron chi connectivity index (χ2n) is 6.37. The molecule has 1 aromatic heterocycles. The van der Waals surface area contributed by atoms with Gasteiger partial charge in [0, 0.05) is 11.4 Å². The van der Waals surface area contributed by atoms with Crippen LogP contribution < -0.4 is 10.1 Å². The second-order valence-corrected chi connectivity index (χ2v) is 7.32. The maximum atomic E-state index is 12.3. The maximum absolute atomic E-state index is 12.3. The zero-order valence-corrected chi connectivity index (χ0v) is 17.0. The minimum absolute atomic E-state index is 0.101. The first-order valence-corrected chi connectivity index (χ1v) is 10.4. The number of aromatic nitrogens is 3. The van der Waals surface area contributed by atoms with E-state index in [2.05, 4.69) is 15.5 Å². The van der Waals surface area contributed by atoms with E-state index in [-0.39, 0.29) is 18.3 Å². The molecule has 0 aliphatic rings. The highest BCUT2D eigenvalue weighted by Crippen LogP contribution is 2.23. The molecule has 0 aliphatic heterocycles. The molecule has 6 nitrogen and oxygen atoms in total. The van der Waals surface area contributed by atoms with Gasteiger partial charge in [0.2, 0.25) is 5.91 Å². The molecule has 4 aromatic rings. The van der Waals surface area contributed by atoms with Gasteiger partial charge in [-0.15, -0.1) is 10.2 Å². The van der Waals surface area contributed by atoms with Gasteiger partial charge in [-0.3, -0.25) is 9.36 Å². The molecule has 30 heavy (non-hydrogen) atoms.